The van der Waals surface area contributed by atoms with Crippen molar-refractivity contribution in [2.45, 2.75) is 18.9 Å². The molecule has 0 aliphatic carbocycles. The molecular formula is C10H13NO4. The van der Waals surface area contributed by atoms with Crippen LogP contribution in [0.5, 0.6) is 5.75 Å². The summed E-state index contributed by atoms with van der Waals surface area (Å²) in [6.45, 7) is -0.451. The Morgan fingerprint density at radius 1 is 1.40 bits per heavy atom. The van der Waals surface area contributed by atoms with E-state index >= 15 is 0 Å². The number of aliphatic hydroxyl groups excluding tert-OH is 1. The summed E-state index contributed by atoms with van der Waals surface area (Å²) in [5.74, 6) is 0.158. The first-order chi connectivity index (χ1) is 7.09. The van der Waals surface area contributed by atoms with Gasteiger partial charge in [0.05, 0.1) is 0 Å². The van der Waals surface area contributed by atoms with Crippen molar-refractivity contribution >= 4 is 0 Å². The van der Waals surface area contributed by atoms with Crippen LogP contribution in [0.25, 0.3) is 0 Å². The summed E-state index contributed by atoms with van der Waals surface area (Å²) in [6, 6.07) is 6.75. The average molecular weight is 211 g/mol. The summed E-state index contributed by atoms with van der Waals surface area (Å²) in [6.07, 6.45) is -0.250. The van der Waals surface area contributed by atoms with Crippen molar-refractivity contribution in [3.8, 4) is 5.75 Å². The topological polar surface area (TPSA) is 83.6 Å². The lowest BCUT2D eigenvalue weighted by Crippen LogP contribution is -2.19. The number of hydrogen-bond acceptors (Lipinski definition) is 4. The number of nitrogens with zero attached hydrogens (tertiary/aromatic N) is 1. The summed E-state index contributed by atoms with van der Waals surface area (Å²) in [5.41, 5.74) is 0.694. The lowest BCUT2D eigenvalue weighted by Gasteiger charge is -2.06. The predicted molar refractivity (Wildman–Crippen MR) is 54.3 cm³/mol. The van der Waals surface area contributed by atoms with Gasteiger partial charge in [0.15, 0.2) is 0 Å². The van der Waals surface area contributed by atoms with E-state index in [0.717, 1.165) is 0 Å². The van der Waals surface area contributed by atoms with Crippen molar-refractivity contribution in [3.63, 3.8) is 0 Å². The molecule has 0 bridgehead atoms. The van der Waals surface area contributed by atoms with Gasteiger partial charge in [-0.15, -0.1) is 0 Å². The predicted octanol–water partition coefficient (Wildman–Crippen LogP) is 0.962. The van der Waals surface area contributed by atoms with E-state index in [4.69, 9.17) is 0 Å². The van der Waals surface area contributed by atoms with Gasteiger partial charge in [0.1, 0.15) is 11.9 Å². The quantitative estimate of drug-likeness (QED) is 0.561. The van der Waals surface area contributed by atoms with Crippen molar-refractivity contribution in [3.05, 3.63) is 39.9 Å². The molecule has 5 nitrogen and oxygen atoms in total. The molecule has 2 N–H and O–H groups in total. The van der Waals surface area contributed by atoms with Crippen molar-refractivity contribution in [1.29, 1.82) is 0 Å². The van der Waals surface area contributed by atoms with Gasteiger partial charge in [-0.2, -0.15) is 0 Å². The number of hydrogen-bond donors (Lipinski definition) is 2. The highest BCUT2D eigenvalue weighted by molar-refractivity contribution is 5.31. The molecule has 0 aromatic heterocycles. The summed E-state index contributed by atoms with van der Waals surface area (Å²) in [4.78, 5) is 9.54. The van der Waals surface area contributed by atoms with E-state index in [-0.39, 0.29) is 12.2 Å². The van der Waals surface area contributed by atoms with Gasteiger partial charge in [-0.05, 0) is 24.5 Å². The number of phenolic OH excluding ortho intramolecular Hbond substituents is 1. The maximum atomic E-state index is 10.1. The standard InChI is InChI=1S/C10H13NO4/c12-9(7-11(14)15)6-5-8-3-1-2-4-10(8)13/h1-4,9,12-13H,5-7H2/t9-/m1/s1. The SMILES string of the molecule is O=[N+]([O-])C[C@H](O)CCc1ccccc1O. The molecule has 0 radical (unpaired) electrons. The fraction of sp³-hybridized carbons (Fsp3) is 0.400. The number of rotatable bonds is 5. The molecule has 1 rings (SSSR count). The van der Waals surface area contributed by atoms with Crippen molar-refractivity contribution in [2.75, 3.05) is 6.54 Å². The summed E-state index contributed by atoms with van der Waals surface area (Å²) < 4.78 is 0. The van der Waals surface area contributed by atoms with Crippen LogP contribution in [-0.4, -0.2) is 27.8 Å². The van der Waals surface area contributed by atoms with Crippen molar-refractivity contribution in [1.82, 2.24) is 0 Å². The second-order valence-electron chi connectivity index (χ2n) is 3.34. The van der Waals surface area contributed by atoms with Crippen LogP contribution in [0.3, 0.4) is 0 Å². The van der Waals surface area contributed by atoms with E-state index in [1.165, 1.54) is 0 Å². The molecule has 15 heavy (non-hydrogen) atoms. The second-order valence-corrected chi connectivity index (χ2v) is 3.34. The fourth-order valence-electron chi connectivity index (χ4n) is 1.31. The van der Waals surface area contributed by atoms with E-state index in [2.05, 4.69) is 0 Å². The first-order valence-corrected chi connectivity index (χ1v) is 4.66. The maximum Gasteiger partial charge on any atom is 0.229 e. The van der Waals surface area contributed by atoms with Gasteiger partial charge >= 0.3 is 0 Å². The van der Waals surface area contributed by atoms with Crippen LogP contribution in [0, 0.1) is 10.1 Å². The molecule has 0 amide bonds. The minimum absolute atomic E-state index is 0.158. The Balaban J connectivity index is 2.43. The molecule has 0 fully saturated rings. The molecule has 0 saturated heterocycles. The van der Waals surface area contributed by atoms with Gasteiger partial charge in [-0.25, -0.2) is 0 Å². The van der Waals surface area contributed by atoms with Gasteiger partial charge in [0, 0.05) is 4.92 Å². The molecule has 0 aliphatic rings. The Bertz CT molecular complexity index is 340. The highest BCUT2D eigenvalue weighted by atomic mass is 16.6. The summed E-state index contributed by atoms with van der Waals surface area (Å²) in [7, 11) is 0. The zero-order valence-electron chi connectivity index (χ0n) is 8.17. The van der Waals surface area contributed by atoms with Crippen LogP contribution < -0.4 is 0 Å². The van der Waals surface area contributed by atoms with E-state index in [9.17, 15) is 20.3 Å². The van der Waals surface area contributed by atoms with E-state index in [0.29, 0.717) is 12.0 Å². The number of nitro groups is 1. The van der Waals surface area contributed by atoms with Crippen LogP contribution in [-0.2, 0) is 6.42 Å². The Hall–Kier alpha value is -1.62. The Morgan fingerprint density at radius 2 is 2.07 bits per heavy atom. The molecule has 0 saturated carbocycles. The van der Waals surface area contributed by atoms with Gasteiger partial charge < -0.3 is 10.2 Å². The monoisotopic (exact) mass is 211 g/mol. The van der Waals surface area contributed by atoms with E-state index < -0.39 is 17.6 Å². The van der Waals surface area contributed by atoms with E-state index in [1.807, 2.05) is 0 Å². The Morgan fingerprint density at radius 3 is 2.67 bits per heavy atom. The smallest absolute Gasteiger partial charge is 0.229 e. The second kappa shape index (κ2) is 5.31. The Kier molecular flexibility index (Phi) is 4.05. The first kappa shape index (κ1) is 11.5. The first-order valence-electron chi connectivity index (χ1n) is 4.66. The minimum Gasteiger partial charge on any atom is -0.508 e. The third-order valence-corrected chi connectivity index (χ3v) is 2.10. The summed E-state index contributed by atoms with van der Waals surface area (Å²) >= 11 is 0. The third-order valence-electron chi connectivity index (χ3n) is 2.10. The molecule has 1 aromatic carbocycles. The van der Waals surface area contributed by atoms with Gasteiger partial charge in [-0.3, -0.25) is 10.1 Å². The molecule has 1 atom stereocenters. The molecular weight excluding hydrogens is 198 g/mol. The van der Waals surface area contributed by atoms with Crippen LogP contribution in [0.2, 0.25) is 0 Å². The molecule has 82 valence electrons. The molecule has 0 heterocycles. The van der Waals surface area contributed by atoms with Crippen LogP contribution in [0.15, 0.2) is 24.3 Å². The number of para-hydroxylation sites is 1. The van der Waals surface area contributed by atoms with Gasteiger partial charge in [-0.1, -0.05) is 18.2 Å². The van der Waals surface area contributed by atoms with Gasteiger partial charge in [0.2, 0.25) is 6.54 Å². The maximum absolute atomic E-state index is 10.1. The lowest BCUT2D eigenvalue weighted by molar-refractivity contribution is -0.490. The number of aryl methyl sites for hydroxylation is 1. The molecule has 0 spiro atoms. The normalized spacial score (nSPS) is 12.3. The lowest BCUT2D eigenvalue weighted by atomic mass is 10.1. The zero-order valence-corrected chi connectivity index (χ0v) is 8.17. The van der Waals surface area contributed by atoms with Gasteiger partial charge in [0.25, 0.3) is 0 Å². The molecule has 0 unspecified atom stereocenters. The van der Waals surface area contributed by atoms with Crippen molar-refractivity contribution in [2.24, 2.45) is 0 Å². The largest absolute Gasteiger partial charge is 0.508 e. The molecule has 0 aliphatic heterocycles. The number of benzene rings is 1. The molecule has 1 aromatic rings. The zero-order chi connectivity index (χ0) is 11.3. The summed E-state index contributed by atoms with van der Waals surface area (Å²) in [5, 5.41) is 28.7. The highest BCUT2D eigenvalue weighted by Crippen LogP contribution is 2.17. The number of aliphatic hydroxyl groups is 1. The molecule has 5 heteroatoms. The number of phenols is 1. The van der Waals surface area contributed by atoms with Crippen LogP contribution in [0.1, 0.15) is 12.0 Å². The van der Waals surface area contributed by atoms with Crippen LogP contribution in [0.4, 0.5) is 0 Å². The number of aromatic hydroxyl groups is 1. The van der Waals surface area contributed by atoms with Crippen molar-refractivity contribution < 1.29 is 15.1 Å². The fourth-order valence-corrected chi connectivity index (χ4v) is 1.31. The van der Waals surface area contributed by atoms with Crippen LogP contribution >= 0.6 is 0 Å². The average Bonchev–Trinajstić information content (AvgIpc) is 2.15. The Labute approximate surface area is 87.1 Å². The highest BCUT2D eigenvalue weighted by Gasteiger charge is 2.12. The van der Waals surface area contributed by atoms with E-state index in [1.54, 1.807) is 24.3 Å². The minimum atomic E-state index is -0.959. The third kappa shape index (κ3) is 3.95.